The van der Waals surface area contributed by atoms with Gasteiger partial charge in [-0.15, -0.1) is 11.3 Å². The third-order valence-corrected chi connectivity index (χ3v) is 4.15. The van der Waals surface area contributed by atoms with Gasteiger partial charge in [-0.3, -0.25) is 0 Å². The Balaban J connectivity index is 2.01. The van der Waals surface area contributed by atoms with Crippen LogP contribution in [-0.2, 0) is 0 Å². The summed E-state index contributed by atoms with van der Waals surface area (Å²) in [7, 11) is 0. The van der Waals surface area contributed by atoms with Crippen LogP contribution < -0.4 is 5.73 Å². The highest BCUT2D eigenvalue weighted by atomic mass is 32.1. The molecule has 3 aromatic rings. The van der Waals surface area contributed by atoms with Crippen LogP contribution in [0.1, 0.15) is 10.4 Å². The van der Waals surface area contributed by atoms with E-state index in [1.165, 1.54) is 11.3 Å². The first-order valence-electron chi connectivity index (χ1n) is 6.43. The second-order valence-electron chi connectivity index (χ2n) is 4.64. The summed E-state index contributed by atoms with van der Waals surface area (Å²) in [5, 5.41) is 11.4. The molecule has 1 aromatic heterocycles. The number of rotatable bonds is 3. The average molecular weight is 295 g/mol. The zero-order valence-electron chi connectivity index (χ0n) is 11.1. The van der Waals surface area contributed by atoms with Gasteiger partial charge in [0.15, 0.2) is 0 Å². The van der Waals surface area contributed by atoms with Crippen LogP contribution in [0.2, 0.25) is 0 Å². The molecule has 0 saturated carbocycles. The maximum Gasteiger partial charge on any atom is 0.339 e. The van der Waals surface area contributed by atoms with E-state index >= 15 is 0 Å². The van der Waals surface area contributed by atoms with Crippen molar-refractivity contribution in [2.45, 2.75) is 0 Å². The standard InChI is InChI=1S/C17H13NO2S/c18-16-15(17(19)20)14(10-21-16)13-8-6-12(7-9-13)11-4-2-1-3-5-11/h1-10H,18H2,(H,19,20). The molecule has 21 heavy (non-hydrogen) atoms. The molecule has 0 unspecified atom stereocenters. The molecule has 3 N–H and O–H groups in total. The van der Waals surface area contributed by atoms with Crippen LogP contribution in [0.4, 0.5) is 5.00 Å². The number of carboxylic acids is 1. The molecule has 104 valence electrons. The van der Waals surface area contributed by atoms with Crippen LogP contribution >= 0.6 is 11.3 Å². The van der Waals surface area contributed by atoms with E-state index in [2.05, 4.69) is 0 Å². The molecule has 3 nitrogen and oxygen atoms in total. The first-order chi connectivity index (χ1) is 10.2. The maximum atomic E-state index is 11.3. The number of carbonyl (C=O) groups is 1. The van der Waals surface area contributed by atoms with E-state index in [1.54, 1.807) is 5.38 Å². The summed E-state index contributed by atoms with van der Waals surface area (Å²) < 4.78 is 0. The summed E-state index contributed by atoms with van der Waals surface area (Å²) in [6.07, 6.45) is 0. The Morgan fingerprint density at radius 3 is 2.10 bits per heavy atom. The molecule has 0 aliphatic rings. The van der Waals surface area contributed by atoms with Gasteiger partial charge in [0.05, 0.1) is 0 Å². The minimum absolute atomic E-state index is 0.187. The normalized spacial score (nSPS) is 10.5. The van der Waals surface area contributed by atoms with Crippen molar-refractivity contribution in [3.63, 3.8) is 0 Å². The van der Waals surface area contributed by atoms with E-state index < -0.39 is 5.97 Å². The summed E-state index contributed by atoms with van der Waals surface area (Å²) in [6.45, 7) is 0. The summed E-state index contributed by atoms with van der Waals surface area (Å²) in [5.74, 6) is -0.990. The van der Waals surface area contributed by atoms with Crippen molar-refractivity contribution in [2.75, 3.05) is 5.73 Å². The van der Waals surface area contributed by atoms with E-state index in [0.29, 0.717) is 10.6 Å². The molecule has 0 radical (unpaired) electrons. The molecule has 0 aliphatic heterocycles. The first kappa shape index (κ1) is 13.4. The van der Waals surface area contributed by atoms with Crippen molar-refractivity contribution in [1.82, 2.24) is 0 Å². The molecular weight excluding hydrogens is 282 g/mol. The highest BCUT2D eigenvalue weighted by Gasteiger charge is 2.17. The van der Waals surface area contributed by atoms with Gasteiger partial charge >= 0.3 is 5.97 Å². The van der Waals surface area contributed by atoms with Gasteiger partial charge in [-0.2, -0.15) is 0 Å². The zero-order valence-corrected chi connectivity index (χ0v) is 11.9. The van der Waals surface area contributed by atoms with Crippen LogP contribution in [-0.4, -0.2) is 11.1 Å². The molecule has 0 atom stereocenters. The Morgan fingerprint density at radius 1 is 0.905 bits per heavy atom. The molecule has 0 amide bonds. The lowest BCUT2D eigenvalue weighted by Crippen LogP contribution is -2.00. The number of nitrogen functional groups attached to an aromatic ring is 1. The van der Waals surface area contributed by atoms with Crippen molar-refractivity contribution in [2.24, 2.45) is 0 Å². The van der Waals surface area contributed by atoms with Gasteiger partial charge in [0.25, 0.3) is 0 Å². The lowest BCUT2D eigenvalue weighted by Gasteiger charge is -2.05. The number of aromatic carboxylic acids is 1. The highest BCUT2D eigenvalue weighted by molar-refractivity contribution is 7.14. The van der Waals surface area contributed by atoms with Gasteiger partial charge in [-0.25, -0.2) is 4.79 Å². The van der Waals surface area contributed by atoms with E-state index in [-0.39, 0.29) is 5.56 Å². The van der Waals surface area contributed by atoms with Crippen molar-refractivity contribution < 1.29 is 9.90 Å². The van der Waals surface area contributed by atoms with Crippen molar-refractivity contribution in [1.29, 1.82) is 0 Å². The summed E-state index contributed by atoms with van der Waals surface area (Å²) >= 11 is 1.25. The van der Waals surface area contributed by atoms with Crippen LogP contribution in [0, 0.1) is 0 Å². The highest BCUT2D eigenvalue weighted by Crippen LogP contribution is 2.34. The predicted octanol–water partition coefficient (Wildman–Crippen LogP) is 4.36. The quantitative estimate of drug-likeness (QED) is 0.754. The van der Waals surface area contributed by atoms with E-state index in [0.717, 1.165) is 16.7 Å². The molecule has 0 fully saturated rings. The van der Waals surface area contributed by atoms with E-state index in [9.17, 15) is 9.90 Å². The molecule has 3 rings (SSSR count). The third kappa shape index (κ3) is 2.53. The van der Waals surface area contributed by atoms with E-state index in [1.807, 2.05) is 54.6 Å². The fraction of sp³-hybridized carbons (Fsp3) is 0. The molecule has 0 spiro atoms. The van der Waals surface area contributed by atoms with Crippen LogP contribution in [0.3, 0.4) is 0 Å². The fourth-order valence-electron chi connectivity index (χ4n) is 2.28. The van der Waals surface area contributed by atoms with Gasteiger partial charge in [0.1, 0.15) is 10.6 Å². The predicted molar refractivity (Wildman–Crippen MR) is 86.6 cm³/mol. The van der Waals surface area contributed by atoms with Gasteiger partial charge in [0, 0.05) is 10.9 Å². The largest absolute Gasteiger partial charge is 0.478 e. The molecule has 2 aromatic carbocycles. The van der Waals surface area contributed by atoms with Crippen molar-refractivity contribution >= 4 is 22.3 Å². The van der Waals surface area contributed by atoms with Crippen LogP contribution in [0.5, 0.6) is 0 Å². The number of benzene rings is 2. The second kappa shape index (κ2) is 5.42. The monoisotopic (exact) mass is 295 g/mol. The number of hydrogen-bond acceptors (Lipinski definition) is 3. The maximum absolute atomic E-state index is 11.3. The number of hydrogen-bond donors (Lipinski definition) is 2. The molecule has 0 aliphatic carbocycles. The molecule has 0 saturated heterocycles. The zero-order chi connectivity index (χ0) is 14.8. The molecule has 1 heterocycles. The Morgan fingerprint density at radius 2 is 1.48 bits per heavy atom. The Hall–Kier alpha value is -2.59. The number of anilines is 1. The Bertz CT molecular complexity index is 776. The number of nitrogens with two attached hydrogens (primary N) is 1. The second-order valence-corrected chi connectivity index (χ2v) is 5.55. The topological polar surface area (TPSA) is 63.3 Å². The Kier molecular flexibility index (Phi) is 3.46. The lowest BCUT2D eigenvalue weighted by molar-refractivity contribution is 0.0699. The van der Waals surface area contributed by atoms with E-state index in [4.69, 9.17) is 5.73 Å². The van der Waals surface area contributed by atoms with Gasteiger partial charge in [-0.1, -0.05) is 54.6 Å². The fourth-order valence-corrected chi connectivity index (χ4v) is 3.09. The minimum atomic E-state index is -0.990. The molecule has 0 bridgehead atoms. The Labute approximate surface area is 126 Å². The third-order valence-electron chi connectivity index (χ3n) is 3.34. The molecular formula is C17H13NO2S. The SMILES string of the molecule is Nc1scc(-c2ccc(-c3ccccc3)cc2)c1C(=O)O. The smallest absolute Gasteiger partial charge is 0.339 e. The summed E-state index contributed by atoms with van der Waals surface area (Å²) in [6, 6.07) is 17.9. The van der Waals surface area contributed by atoms with Crippen molar-refractivity contribution in [3.05, 3.63) is 65.5 Å². The van der Waals surface area contributed by atoms with Crippen LogP contribution in [0.15, 0.2) is 60.0 Å². The number of thiophene rings is 1. The van der Waals surface area contributed by atoms with Crippen molar-refractivity contribution in [3.8, 4) is 22.3 Å². The van der Waals surface area contributed by atoms with Gasteiger partial charge in [-0.05, 0) is 16.7 Å². The van der Waals surface area contributed by atoms with Gasteiger partial charge < -0.3 is 10.8 Å². The first-order valence-corrected chi connectivity index (χ1v) is 7.31. The summed E-state index contributed by atoms with van der Waals surface area (Å²) in [4.78, 5) is 11.3. The summed E-state index contributed by atoms with van der Waals surface area (Å²) in [5.41, 5.74) is 9.69. The molecule has 4 heteroatoms. The minimum Gasteiger partial charge on any atom is -0.478 e. The average Bonchev–Trinajstić information content (AvgIpc) is 2.90. The number of carboxylic acid groups (broad SMARTS) is 1. The lowest BCUT2D eigenvalue weighted by atomic mass is 9.99. The van der Waals surface area contributed by atoms with Gasteiger partial charge in [0.2, 0.25) is 0 Å². The van der Waals surface area contributed by atoms with Crippen LogP contribution in [0.25, 0.3) is 22.3 Å².